The van der Waals surface area contributed by atoms with E-state index in [1.165, 1.54) is 0 Å². The van der Waals surface area contributed by atoms with Crippen molar-refractivity contribution in [2.24, 2.45) is 7.05 Å². The van der Waals surface area contributed by atoms with Crippen molar-refractivity contribution in [1.29, 1.82) is 0 Å². The van der Waals surface area contributed by atoms with Gasteiger partial charge in [0.2, 0.25) is 0 Å². The highest BCUT2D eigenvalue weighted by Gasteiger charge is 2.07. The first-order chi connectivity index (χ1) is 6.24. The molecular formula is C10H9BrFN. The largest absolute Gasteiger partial charge is 0.350 e. The number of nitrogens with zero attached hydrogens (tertiary/aromatic N) is 1. The van der Waals surface area contributed by atoms with E-state index in [0.29, 0.717) is 16.3 Å². The van der Waals surface area contributed by atoms with Gasteiger partial charge in [-0.2, -0.15) is 0 Å². The fourth-order valence-corrected chi connectivity index (χ4v) is 1.90. The summed E-state index contributed by atoms with van der Waals surface area (Å²) < 4.78 is 15.6. The molecule has 1 nitrogen and oxygen atoms in total. The Labute approximate surface area is 84.3 Å². The van der Waals surface area contributed by atoms with Gasteiger partial charge >= 0.3 is 0 Å². The predicted molar refractivity (Wildman–Crippen MR) is 55.5 cm³/mol. The molecular weight excluding hydrogens is 233 g/mol. The van der Waals surface area contributed by atoms with E-state index in [1.807, 2.05) is 29.9 Å². The third-order valence-corrected chi connectivity index (χ3v) is 2.83. The van der Waals surface area contributed by atoms with Crippen LogP contribution < -0.4 is 0 Å². The molecule has 0 radical (unpaired) electrons. The zero-order chi connectivity index (χ0) is 9.42. The van der Waals surface area contributed by atoms with E-state index < -0.39 is 0 Å². The standard InChI is InChI=1S/C10H9BrFN/c1-13-5-4-8-9(13)3-2-7(6-11)10(8)12/h2-5H,6H2,1H3. The van der Waals surface area contributed by atoms with Crippen molar-refractivity contribution in [1.82, 2.24) is 4.57 Å². The van der Waals surface area contributed by atoms with Gasteiger partial charge < -0.3 is 4.57 Å². The number of aryl methyl sites for hydroxylation is 1. The molecule has 68 valence electrons. The molecule has 1 heterocycles. The number of hydrogen-bond donors (Lipinski definition) is 0. The molecule has 1 aromatic carbocycles. The van der Waals surface area contributed by atoms with Crippen molar-refractivity contribution in [2.75, 3.05) is 0 Å². The van der Waals surface area contributed by atoms with E-state index in [0.717, 1.165) is 5.52 Å². The van der Waals surface area contributed by atoms with Gasteiger partial charge in [0.25, 0.3) is 0 Å². The normalized spacial score (nSPS) is 11.0. The zero-order valence-electron chi connectivity index (χ0n) is 7.22. The molecule has 0 N–H and O–H groups in total. The van der Waals surface area contributed by atoms with Gasteiger partial charge in [-0.3, -0.25) is 0 Å². The number of rotatable bonds is 1. The molecule has 0 aliphatic rings. The Balaban J connectivity index is 2.80. The fraction of sp³-hybridized carbons (Fsp3) is 0.200. The first-order valence-corrected chi connectivity index (χ1v) is 5.14. The maximum absolute atomic E-state index is 13.6. The van der Waals surface area contributed by atoms with E-state index in [4.69, 9.17) is 0 Å². The molecule has 0 bridgehead atoms. The monoisotopic (exact) mass is 241 g/mol. The highest BCUT2D eigenvalue weighted by Crippen LogP contribution is 2.22. The van der Waals surface area contributed by atoms with Crippen molar-refractivity contribution >= 4 is 26.8 Å². The van der Waals surface area contributed by atoms with Crippen LogP contribution in [0.25, 0.3) is 10.9 Å². The maximum atomic E-state index is 13.6. The predicted octanol–water partition coefficient (Wildman–Crippen LogP) is 3.21. The lowest BCUT2D eigenvalue weighted by molar-refractivity contribution is 0.630. The molecule has 2 aromatic rings. The van der Waals surface area contributed by atoms with Gasteiger partial charge in [0.1, 0.15) is 5.82 Å². The average Bonchev–Trinajstić information content (AvgIpc) is 2.50. The van der Waals surface area contributed by atoms with Crippen LogP contribution in [0.3, 0.4) is 0 Å². The number of hydrogen-bond acceptors (Lipinski definition) is 0. The van der Waals surface area contributed by atoms with E-state index in [-0.39, 0.29) is 5.82 Å². The molecule has 0 saturated carbocycles. The quantitative estimate of drug-likeness (QED) is 0.676. The van der Waals surface area contributed by atoms with Crippen LogP contribution in [0.1, 0.15) is 5.56 Å². The Morgan fingerprint density at radius 1 is 1.38 bits per heavy atom. The number of benzene rings is 1. The molecule has 1 aromatic heterocycles. The van der Waals surface area contributed by atoms with Crippen molar-refractivity contribution < 1.29 is 4.39 Å². The molecule has 0 saturated heterocycles. The minimum absolute atomic E-state index is 0.116. The third kappa shape index (κ3) is 1.27. The smallest absolute Gasteiger partial charge is 0.136 e. The van der Waals surface area contributed by atoms with Crippen LogP contribution in [0, 0.1) is 5.82 Å². The van der Waals surface area contributed by atoms with Crippen molar-refractivity contribution in [3.05, 3.63) is 35.8 Å². The Kier molecular flexibility index (Phi) is 2.12. The molecule has 0 fully saturated rings. The lowest BCUT2D eigenvalue weighted by Gasteiger charge is -2.01. The molecule has 0 atom stereocenters. The highest BCUT2D eigenvalue weighted by molar-refractivity contribution is 9.08. The van der Waals surface area contributed by atoms with Crippen molar-refractivity contribution in [2.45, 2.75) is 5.33 Å². The summed E-state index contributed by atoms with van der Waals surface area (Å²) in [6.45, 7) is 0. The molecule has 0 unspecified atom stereocenters. The summed E-state index contributed by atoms with van der Waals surface area (Å²) in [6, 6.07) is 5.55. The Morgan fingerprint density at radius 2 is 2.15 bits per heavy atom. The van der Waals surface area contributed by atoms with Gasteiger partial charge in [-0.05, 0) is 17.7 Å². The molecule has 0 amide bonds. The van der Waals surface area contributed by atoms with Crippen LogP contribution in [0.15, 0.2) is 24.4 Å². The molecule has 0 spiro atoms. The maximum Gasteiger partial charge on any atom is 0.136 e. The van der Waals surface area contributed by atoms with Gasteiger partial charge in [-0.1, -0.05) is 22.0 Å². The number of halogens is 2. The number of alkyl halides is 1. The zero-order valence-corrected chi connectivity index (χ0v) is 8.81. The van der Waals surface area contributed by atoms with Crippen LogP contribution in [0.4, 0.5) is 4.39 Å². The molecule has 0 aliphatic carbocycles. The van der Waals surface area contributed by atoms with Crippen molar-refractivity contribution in [3.63, 3.8) is 0 Å². The first kappa shape index (κ1) is 8.75. The molecule has 3 heteroatoms. The third-order valence-electron chi connectivity index (χ3n) is 2.23. The van der Waals surface area contributed by atoms with Crippen LogP contribution in [0.5, 0.6) is 0 Å². The Morgan fingerprint density at radius 3 is 2.85 bits per heavy atom. The summed E-state index contributed by atoms with van der Waals surface area (Å²) >= 11 is 3.25. The van der Waals surface area contributed by atoms with Crippen LogP contribution >= 0.6 is 15.9 Å². The van der Waals surface area contributed by atoms with Gasteiger partial charge in [-0.15, -0.1) is 0 Å². The number of aromatic nitrogens is 1. The average molecular weight is 242 g/mol. The molecule has 0 aliphatic heterocycles. The van der Waals surface area contributed by atoms with E-state index in [1.54, 1.807) is 6.07 Å². The van der Waals surface area contributed by atoms with Crippen LogP contribution in [-0.2, 0) is 12.4 Å². The molecule has 13 heavy (non-hydrogen) atoms. The summed E-state index contributed by atoms with van der Waals surface area (Å²) in [5.41, 5.74) is 1.64. The summed E-state index contributed by atoms with van der Waals surface area (Å²) in [5.74, 6) is -0.116. The lowest BCUT2D eigenvalue weighted by atomic mass is 10.1. The Bertz CT molecular complexity index is 447. The summed E-state index contributed by atoms with van der Waals surface area (Å²) in [4.78, 5) is 0. The summed E-state index contributed by atoms with van der Waals surface area (Å²) in [6.07, 6.45) is 1.87. The van der Waals surface area contributed by atoms with E-state index in [9.17, 15) is 4.39 Å². The highest BCUT2D eigenvalue weighted by atomic mass is 79.9. The second-order valence-corrected chi connectivity index (χ2v) is 3.59. The van der Waals surface area contributed by atoms with Crippen molar-refractivity contribution in [3.8, 4) is 0 Å². The second kappa shape index (κ2) is 3.14. The molecule has 2 rings (SSSR count). The van der Waals surface area contributed by atoms with Gasteiger partial charge in [0.15, 0.2) is 0 Å². The Hall–Kier alpha value is -0.830. The minimum Gasteiger partial charge on any atom is -0.350 e. The van der Waals surface area contributed by atoms with E-state index in [2.05, 4.69) is 15.9 Å². The van der Waals surface area contributed by atoms with Gasteiger partial charge in [0.05, 0.1) is 5.52 Å². The van der Waals surface area contributed by atoms with Gasteiger partial charge in [0, 0.05) is 24.0 Å². The van der Waals surface area contributed by atoms with Crippen LogP contribution in [0.2, 0.25) is 0 Å². The second-order valence-electron chi connectivity index (χ2n) is 3.03. The fourth-order valence-electron chi connectivity index (χ4n) is 1.46. The SMILES string of the molecule is Cn1ccc2c(F)c(CBr)ccc21. The number of fused-ring (bicyclic) bond motifs is 1. The minimum atomic E-state index is -0.116. The van der Waals surface area contributed by atoms with Gasteiger partial charge in [-0.25, -0.2) is 4.39 Å². The topological polar surface area (TPSA) is 4.93 Å². The first-order valence-electron chi connectivity index (χ1n) is 4.02. The van der Waals surface area contributed by atoms with E-state index >= 15 is 0 Å². The summed E-state index contributed by atoms with van der Waals surface area (Å²) in [7, 11) is 1.91. The van der Waals surface area contributed by atoms with Crippen LogP contribution in [-0.4, -0.2) is 4.57 Å². The summed E-state index contributed by atoms with van der Waals surface area (Å²) in [5, 5.41) is 1.25. The lowest BCUT2D eigenvalue weighted by Crippen LogP contribution is -1.89.